The first kappa shape index (κ1) is 23.6. The lowest BCUT2D eigenvalue weighted by Crippen LogP contribution is -2.43. The molecule has 0 saturated heterocycles. The zero-order valence-electron chi connectivity index (χ0n) is 18.8. The third-order valence-corrected chi connectivity index (χ3v) is 5.11. The summed E-state index contributed by atoms with van der Waals surface area (Å²) in [6.45, 7) is 4.87. The number of nitrogens with zero attached hydrogens (tertiary/aromatic N) is 2. The molecule has 0 aliphatic heterocycles. The number of likely N-dealkylation sites (N-methyl/N-ethyl adjacent to an activating group) is 1. The zero-order chi connectivity index (χ0) is 23.8. The molecule has 0 spiro atoms. The van der Waals surface area contributed by atoms with Gasteiger partial charge in [-0.2, -0.15) is 0 Å². The van der Waals surface area contributed by atoms with Crippen molar-refractivity contribution in [3.05, 3.63) is 86.6 Å². The molecule has 0 atom stereocenters. The fraction of sp³-hybridized carbons (Fsp3) is 0.292. The maximum Gasteiger partial charge on any atom is 0.330 e. The average molecular weight is 452 g/mol. The Bertz CT molecular complexity index is 1200. The van der Waals surface area contributed by atoms with E-state index in [1.165, 1.54) is 4.57 Å². The lowest BCUT2D eigenvalue weighted by Gasteiger charge is -2.24. The number of rotatable bonds is 10. The van der Waals surface area contributed by atoms with Crippen LogP contribution in [-0.2, 0) is 11.3 Å². The smallest absolute Gasteiger partial charge is 0.330 e. The van der Waals surface area contributed by atoms with Gasteiger partial charge in [-0.1, -0.05) is 42.5 Å². The maximum absolute atomic E-state index is 12.5. The van der Waals surface area contributed by atoms with Gasteiger partial charge in [-0.05, 0) is 37.1 Å². The van der Waals surface area contributed by atoms with Gasteiger partial charge in [-0.25, -0.2) is 4.79 Å². The molecule has 0 aliphatic carbocycles. The summed E-state index contributed by atoms with van der Waals surface area (Å²) >= 11 is 0. The molecule has 0 saturated carbocycles. The van der Waals surface area contributed by atoms with E-state index in [2.05, 4.69) is 10.3 Å². The molecule has 0 bridgehead atoms. The minimum absolute atomic E-state index is 0.0185. The Morgan fingerprint density at radius 3 is 2.61 bits per heavy atom. The van der Waals surface area contributed by atoms with Crippen LogP contribution in [0.1, 0.15) is 18.1 Å². The largest absolute Gasteiger partial charge is 0.492 e. The second-order valence-corrected chi connectivity index (χ2v) is 7.59. The monoisotopic (exact) mass is 451 g/mol. The summed E-state index contributed by atoms with van der Waals surface area (Å²) in [5.41, 5.74) is 7.05. The van der Waals surface area contributed by atoms with Crippen LogP contribution in [0.25, 0.3) is 0 Å². The van der Waals surface area contributed by atoms with Crippen LogP contribution in [-0.4, -0.2) is 41.7 Å². The van der Waals surface area contributed by atoms with Gasteiger partial charge in [0.15, 0.2) is 0 Å². The minimum atomic E-state index is -0.626. The summed E-state index contributed by atoms with van der Waals surface area (Å²) in [4.78, 5) is 41.3. The van der Waals surface area contributed by atoms with Crippen molar-refractivity contribution < 1.29 is 9.53 Å². The van der Waals surface area contributed by atoms with Gasteiger partial charge >= 0.3 is 5.69 Å². The number of hydrogen-bond acceptors (Lipinski definition) is 6. The van der Waals surface area contributed by atoms with E-state index in [1.54, 1.807) is 11.8 Å². The molecule has 3 rings (SSSR count). The molecule has 0 fully saturated rings. The highest BCUT2D eigenvalue weighted by molar-refractivity contribution is 5.82. The van der Waals surface area contributed by atoms with Crippen LogP contribution in [0, 0.1) is 6.92 Å². The predicted octanol–water partition coefficient (Wildman–Crippen LogP) is 1.50. The summed E-state index contributed by atoms with van der Waals surface area (Å²) in [7, 11) is 0. The molecule has 9 heteroatoms. The number of H-pyrrole nitrogens is 1. The standard InChI is InChI=1S/C24H29N5O4/c1-3-28(16-20(30)26-12-13-33-19-11-7-8-17(2)14-19)21-22(25)29(24(32)27-23(21)31)15-18-9-5-4-6-10-18/h4-11,14H,3,12-13,15-16,25H2,1-2H3,(H,26,30)(H,27,31,32). The maximum atomic E-state index is 12.5. The fourth-order valence-corrected chi connectivity index (χ4v) is 3.45. The first-order valence-electron chi connectivity index (χ1n) is 10.8. The molecule has 2 aromatic carbocycles. The second kappa shape index (κ2) is 11.0. The van der Waals surface area contributed by atoms with Crippen LogP contribution in [0.2, 0.25) is 0 Å². The topological polar surface area (TPSA) is 122 Å². The highest BCUT2D eigenvalue weighted by atomic mass is 16.5. The number of benzene rings is 2. The normalized spacial score (nSPS) is 10.6. The van der Waals surface area contributed by atoms with Gasteiger partial charge in [-0.3, -0.25) is 19.1 Å². The number of aromatic amines is 1. The van der Waals surface area contributed by atoms with Crippen molar-refractivity contribution in [2.75, 3.05) is 36.9 Å². The van der Waals surface area contributed by atoms with Gasteiger partial charge in [0.2, 0.25) is 5.91 Å². The Balaban J connectivity index is 1.66. The molecule has 1 aromatic heterocycles. The van der Waals surface area contributed by atoms with E-state index in [0.29, 0.717) is 19.7 Å². The van der Waals surface area contributed by atoms with Crippen LogP contribution in [0.4, 0.5) is 11.5 Å². The minimum Gasteiger partial charge on any atom is -0.492 e. The Kier molecular flexibility index (Phi) is 7.91. The molecule has 0 aliphatic rings. The first-order valence-corrected chi connectivity index (χ1v) is 10.8. The Labute approximate surface area is 191 Å². The molecule has 1 heterocycles. The third-order valence-electron chi connectivity index (χ3n) is 5.11. The van der Waals surface area contributed by atoms with Gasteiger partial charge < -0.3 is 20.7 Å². The van der Waals surface area contributed by atoms with Crippen molar-refractivity contribution in [3.8, 4) is 5.75 Å². The number of anilines is 2. The average Bonchev–Trinajstić information content (AvgIpc) is 2.79. The van der Waals surface area contributed by atoms with Crippen LogP contribution >= 0.6 is 0 Å². The summed E-state index contributed by atoms with van der Waals surface area (Å²) in [5, 5.41) is 2.78. The van der Waals surface area contributed by atoms with E-state index in [9.17, 15) is 14.4 Å². The molecule has 9 nitrogen and oxygen atoms in total. The van der Waals surface area contributed by atoms with E-state index in [-0.39, 0.29) is 30.5 Å². The molecule has 1 amide bonds. The van der Waals surface area contributed by atoms with E-state index in [4.69, 9.17) is 10.5 Å². The number of aromatic nitrogens is 2. The number of carbonyl (C=O) groups excluding carboxylic acids is 1. The van der Waals surface area contributed by atoms with Crippen LogP contribution in [0.3, 0.4) is 0 Å². The van der Waals surface area contributed by atoms with E-state index in [1.807, 2.05) is 61.5 Å². The predicted molar refractivity (Wildman–Crippen MR) is 129 cm³/mol. The van der Waals surface area contributed by atoms with Crippen molar-refractivity contribution in [3.63, 3.8) is 0 Å². The summed E-state index contributed by atoms with van der Waals surface area (Å²) in [6, 6.07) is 17.0. The van der Waals surface area contributed by atoms with Crippen molar-refractivity contribution in [2.24, 2.45) is 0 Å². The van der Waals surface area contributed by atoms with Crippen molar-refractivity contribution in [1.29, 1.82) is 0 Å². The lowest BCUT2D eigenvalue weighted by molar-refractivity contribution is -0.119. The number of aryl methyl sites for hydroxylation is 1. The molecule has 4 N–H and O–H groups in total. The molecular formula is C24H29N5O4. The Hall–Kier alpha value is -4.01. The molecule has 0 radical (unpaired) electrons. The van der Waals surface area contributed by atoms with E-state index < -0.39 is 11.2 Å². The quantitative estimate of drug-likeness (QED) is 0.402. The van der Waals surface area contributed by atoms with Crippen molar-refractivity contribution in [1.82, 2.24) is 14.9 Å². The number of carbonyl (C=O) groups is 1. The van der Waals surface area contributed by atoms with Crippen LogP contribution in [0.15, 0.2) is 64.2 Å². The molecule has 174 valence electrons. The molecule has 3 aromatic rings. The Morgan fingerprint density at radius 2 is 1.91 bits per heavy atom. The van der Waals surface area contributed by atoms with E-state index in [0.717, 1.165) is 16.9 Å². The van der Waals surface area contributed by atoms with Crippen LogP contribution in [0.5, 0.6) is 5.75 Å². The van der Waals surface area contributed by atoms with Crippen LogP contribution < -0.4 is 31.9 Å². The highest BCUT2D eigenvalue weighted by Crippen LogP contribution is 2.17. The SMILES string of the molecule is CCN(CC(=O)NCCOc1cccc(C)c1)c1c(N)n(Cc2ccccc2)c(=O)[nH]c1=O. The first-order chi connectivity index (χ1) is 15.9. The van der Waals surface area contributed by atoms with Gasteiger partial charge in [0.25, 0.3) is 5.56 Å². The second-order valence-electron chi connectivity index (χ2n) is 7.59. The van der Waals surface area contributed by atoms with Crippen molar-refractivity contribution >= 4 is 17.4 Å². The number of nitrogens with two attached hydrogens (primary N) is 1. The summed E-state index contributed by atoms with van der Waals surface area (Å²) in [5.74, 6) is 0.466. The van der Waals surface area contributed by atoms with Gasteiger partial charge in [-0.15, -0.1) is 0 Å². The Morgan fingerprint density at radius 1 is 1.15 bits per heavy atom. The molecule has 0 unspecified atom stereocenters. The fourth-order valence-electron chi connectivity index (χ4n) is 3.45. The van der Waals surface area contributed by atoms with Crippen molar-refractivity contribution in [2.45, 2.75) is 20.4 Å². The van der Waals surface area contributed by atoms with E-state index >= 15 is 0 Å². The summed E-state index contributed by atoms with van der Waals surface area (Å²) in [6.07, 6.45) is 0. The number of nitrogen functional groups attached to an aromatic ring is 1. The molecular weight excluding hydrogens is 422 g/mol. The lowest BCUT2D eigenvalue weighted by atomic mass is 10.2. The summed E-state index contributed by atoms with van der Waals surface area (Å²) < 4.78 is 6.93. The highest BCUT2D eigenvalue weighted by Gasteiger charge is 2.20. The number of ether oxygens (including phenoxy) is 1. The van der Waals surface area contributed by atoms with Gasteiger partial charge in [0, 0.05) is 6.54 Å². The number of hydrogen-bond donors (Lipinski definition) is 3. The zero-order valence-corrected chi connectivity index (χ0v) is 18.8. The molecule has 33 heavy (non-hydrogen) atoms. The van der Waals surface area contributed by atoms with Gasteiger partial charge in [0.05, 0.1) is 19.6 Å². The van der Waals surface area contributed by atoms with Gasteiger partial charge in [0.1, 0.15) is 23.9 Å². The third kappa shape index (κ3) is 6.25. The number of nitrogens with one attached hydrogen (secondary N) is 2. The number of amides is 1.